The number of likely N-dealkylation sites (tertiary alicyclic amines) is 1. The Labute approximate surface area is 179 Å². The zero-order chi connectivity index (χ0) is 21.6. The third-order valence-electron chi connectivity index (χ3n) is 5.97. The molecule has 3 N–H and O–H groups in total. The van der Waals surface area contributed by atoms with Crippen LogP contribution in [0.25, 0.3) is 0 Å². The lowest BCUT2D eigenvalue weighted by Gasteiger charge is -2.27. The summed E-state index contributed by atoms with van der Waals surface area (Å²) >= 11 is 0. The number of rotatable bonds is 8. The van der Waals surface area contributed by atoms with Crippen molar-refractivity contribution >= 4 is 5.96 Å². The molecule has 0 saturated carbocycles. The van der Waals surface area contributed by atoms with Crippen LogP contribution in [0.3, 0.4) is 0 Å². The summed E-state index contributed by atoms with van der Waals surface area (Å²) < 4.78 is 1.94. The Bertz CT molecular complexity index is 831. The first kappa shape index (κ1) is 22.2. The van der Waals surface area contributed by atoms with Gasteiger partial charge in [0, 0.05) is 19.6 Å². The van der Waals surface area contributed by atoms with Gasteiger partial charge in [0.25, 0.3) is 0 Å². The minimum absolute atomic E-state index is 0.350. The van der Waals surface area contributed by atoms with Gasteiger partial charge in [0.2, 0.25) is 0 Å². The quantitative estimate of drug-likeness (QED) is 0.449. The van der Waals surface area contributed by atoms with Crippen LogP contribution < -0.4 is 10.6 Å². The molecular weight excluding hydrogens is 378 g/mol. The van der Waals surface area contributed by atoms with Crippen LogP contribution >= 0.6 is 0 Å². The Kier molecular flexibility index (Phi) is 7.44. The summed E-state index contributed by atoms with van der Waals surface area (Å²) in [5.74, 6) is 2.34. The SMILES string of the molecule is CCN1CCCC1CNC(=NCc1nnc(C)n1C)NCC(C)(O)c1ccccc1. The maximum absolute atomic E-state index is 10.9. The van der Waals surface area contributed by atoms with E-state index in [1.165, 1.54) is 12.8 Å². The Morgan fingerprint density at radius 2 is 2.03 bits per heavy atom. The molecule has 0 amide bonds. The summed E-state index contributed by atoms with van der Waals surface area (Å²) in [6.07, 6.45) is 2.43. The predicted octanol–water partition coefficient (Wildman–Crippen LogP) is 1.55. The lowest BCUT2D eigenvalue weighted by Crippen LogP contribution is -2.48. The Morgan fingerprint density at radius 3 is 2.70 bits per heavy atom. The first-order valence-electron chi connectivity index (χ1n) is 10.8. The van der Waals surface area contributed by atoms with Crippen LogP contribution in [0.4, 0.5) is 0 Å². The molecule has 164 valence electrons. The third-order valence-corrected chi connectivity index (χ3v) is 5.97. The molecule has 8 heteroatoms. The molecule has 1 aromatic carbocycles. The van der Waals surface area contributed by atoms with Crippen LogP contribution in [-0.2, 0) is 19.2 Å². The van der Waals surface area contributed by atoms with Gasteiger partial charge in [-0.15, -0.1) is 10.2 Å². The van der Waals surface area contributed by atoms with Gasteiger partial charge in [-0.2, -0.15) is 0 Å². The van der Waals surface area contributed by atoms with Gasteiger partial charge in [-0.3, -0.25) is 4.90 Å². The monoisotopic (exact) mass is 413 g/mol. The van der Waals surface area contributed by atoms with E-state index in [1.807, 2.05) is 55.8 Å². The van der Waals surface area contributed by atoms with Crippen molar-refractivity contribution in [3.63, 3.8) is 0 Å². The van der Waals surface area contributed by atoms with E-state index in [1.54, 1.807) is 0 Å². The Morgan fingerprint density at radius 1 is 1.27 bits per heavy atom. The molecule has 1 aliphatic heterocycles. The molecule has 0 aliphatic carbocycles. The van der Waals surface area contributed by atoms with Crippen LogP contribution in [0.2, 0.25) is 0 Å². The molecule has 3 rings (SSSR count). The lowest BCUT2D eigenvalue weighted by atomic mass is 9.96. The normalized spacial score (nSPS) is 19.6. The van der Waals surface area contributed by atoms with Gasteiger partial charge in [0.15, 0.2) is 11.8 Å². The second-order valence-corrected chi connectivity index (χ2v) is 8.19. The highest BCUT2D eigenvalue weighted by Crippen LogP contribution is 2.19. The standard InChI is InChI=1S/C22H35N7O/c1-5-29-13-9-12-19(29)14-23-21(24-15-20-27-26-17(2)28(20)4)25-16-22(3,30)18-10-7-6-8-11-18/h6-8,10-11,19,30H,5,9,12-16H2,1-4H3,(H2,23,24,25). The molecule has 1 fully saturated rings. The van der Waals surface area contributed by atoms with E-state index < -0.39 is 5.60 Å². The molecule has 30 heavy (non-hydrogen) atoms. The molecule has 1 aliphatic rings. The summed E-state index contributed by atoms with van der Waals surface area (Å²) in [6.45, 7) is 9.76. The van der Waals surface area contributed by atoms with Gasteiger partial charge >= 0.3 is 0 Å². The van der Waals surface area contributed by atoms with Gasteiger partial charge in [0.1, 0.15) is 18.0 Å². The number of hydrogen-bond acceptors (Lipinski definition) is 5. The largest absolute Gasteiger partial charge is 0.384 e. The number of nitrogens with one attached hydrogen (secondary N) is 2. The van der Waals surface area contributed by atoms with E-state index in [2.05, 4.69) is 32.7 Å². The first-order valence-corrected chi connectivity index (χ1v) is 10.8. The lowest BCUT2D eigenvalue weighted by molar-refractivity contribution is 0.0616. The van der Waals surface area contributed by atoms with Gasteiger partial charge < -0.3 is 20.3 Å². The maximum atomic E-state index is 10.9. The van der Waals surface area contributed by atoms with E-state index in [4.69, 9.17) is 4.99 Å². The molecule has 2 heterocycles. The Balaban J connectivity index is 1.68. The minimum atomic E-state index is -1.01. The second-order valence-electron chi connectivity index (χ2n) is 8.19. The summed E-state index contributed by atoms with van der Waals surface area (Å²) in [6, 6.07) is 10.2. The minimum Gasteiger partial charge on any atom is -0.384 e. The van der Waals surface area contributed by atoms with Gasteiger partial charge in [-0.1, -0.05) is 37.3 Å². The zero-order valence-corrected chi connectivity index (χ0v) is 18.6. The molecule has 8 nitrogen and oxygen atoms in total. The van der Waals surface area contributed by atoms with Crippen molar-refractivity contribution in [3.05, 3.63) is 47.5 Å². The molecule has 2 unspecified atom stereocenters. The number of hydrogen-bond donors (Lipinski definition) is 3. The molecule has 2 atom stereocenters. The van der Waals surface area contributed by atoms with E-state index in [0.717, 1.165) is 36.8 Å². The van der Waals surface area contributed by atoms with Crippen molar-refractivity contribution in [2.24, 2.45) is 12.0 Å². The second kappa shape index (κ2) is 10.0. The van der Waals surface area contributed by atoms with Crippen LogP contribution in [0, 0.1) is 6.92 Å². The molecule has 0 spiro atoms. The number of nitrogens with zero attached hydrogens (tertiary/aromatic N) is 5. The van der Waals surface area contributed by atoms with Crippen LogP contribution in [0.15, 0.2) is 35.3 Å². The molecule has 0 bridgehead atoms. The smallest absolute Gasteiger partial charge is 0.191 e. The summed E-state index contributed by atoms with van der Waals surface area (Å²) in [4.78, 5) is 7.21. The van der Waals surface area contributed by atoms with Crippen LogP contribution in [0.5, 0.6) is 0 Å². The number of aromatic nitrogens is 3. The summed E-state index contributed by atoms with van der Waals surface area (Å²) in [5, 5.41) is 26.1. The van der Waals surface area contributed by atoms with Crippen molar-refractivity contribution in [2.45, 2.75) is 51.8 Å². The average molecular weight is 414 g/mol. The number of likely N-dealkylation sites (N-methyl/N-ethyl adjacent to an activating group) is 1. The highest BCUT2D eigenvalue weighted by Gasteiger charge is 2.25. The van der Waals surface area contributed by atoms with Crippen molar-refractivity contribution in [3.8, 4) is 0 Å². The van der Waals surface area contributed by atoms with Crippen molar-refractivity contribution in [2.75, 3.05) is 26.2 Å². The third kappa shape index (κ3) is 5.58. The highest BCUT2D eigenvalue weighted by molar-refractivity contribution is 5.79. The fraction of sp³-hybridized carbons (Fsp3) is 0.591. The van der Waals surface area contributed by atoms with Crippen LogP contribution in [-0.4, -0.2) is 63.0 Å². The number of benzene rings is 1. The Hall–Kier alpha value is -2.45. The zero-order valence-electron chi connectivity index (χ0n) is 18.6. The van der Waals surface area contributed by atoms with Crippen LogP contribution in [0.1, 0.15) is 43.9 Å². The average Bonchev–Trinajstić information content (AvgIpc) is 3.34. The molecule has 1 aromatic heterocycles. The summed E-state index contributed by atoms with van der Waals surface area (Å²) in [7, 11) is 1.94. The fourth-order valence-corrected chi connectivity index (χ4v) is 3.82. The number of aliphatic imine (C=N–C) groups is 1. The topological polar surface area (TPSA) is 90.6 Å². The van der Waals surface area contributed by atoms with Crippen molar-refractivity contribution in [1.29, 1.82) is 0 Å². The molecule has 1 saturated heterocycles. The molecular formula is C22H35N7O. The number of guanidine groups is 1. The maximum Gasteiger partial charge on any atom is 0.191 e. The fourth-order valence-electron chi connectivity index (χ4n) is 3.82. The summed E-state index contributed by atoms with van der Waals surface area (Å²) in [5.41, 5.74) is -0.137. The van der Waals surface area contributed by atoms with Gasteiger partial charge in [-0.05, 0) is 45.3 Å². The number of aliphatic hydroxyl groups is 1. The highest BCUT2D eigenvalue weighted by atomic mass is 16.3. The van der Waals surface area contributed by atoms with E-state index in [-0.39, 0.29) is 0 Å². The van der Waals surface area contributed by atoms with Crippen molar-refractivity contribution in [1.82, 2.24) is 30.3 Å². The predicted molar refractivity (Wildman–Crippen MR) is 119 cm³/mol. The van der Waals surface area contributed by atoms with Gasteiger partial charge in [0.05, 0.1) is 6.54 Å². The molecule has 2 aromatic rings. The molecule has 0 radical (unpaired) electrons. The van der Waals surface area contributed by atoms with Gasteiger partial charge in [-0.25, -0.2) is 4.99 Å². The first-order chi connectivity index (χ1) is 14.4. The van der Waals surface area contributed by atoms with E-state index in [9.17, 15) is 5.11 Å². The van der Waals surface area contributed by atoms with Crippen molar-refractivity contribution < 1.29 is 5.11 Å². The van der Waals surface area contributed by atoms with E-state index >= 15 is 0 Å². The van der Waals surface area contributed by atoms with E-state index in [0.29, 0.717) is 25.1 Å². The number of aryl methyl sites for hydroxylation is 1.